The topological polar surface area (TPSA) is 62.2 Å². The monoisotopic (exact) mass is 246 g/mol. The van der Waals surface area contributed by atoms with Crippen LogP contribution >= 0.6 is 0 Å². The average molecular weight is 246 g/mol. The number of hydrogen-bond acceptors (Lipinski definition) is 3. The van der Waals surface area contributed by atoms with Crippen LogP contribution < -0.4 is 5.32 Å². The lowest BCUT2D eigenvalue weighted by Gasteiger charge is -2.07. The fraction of sp³-hybridized carbons (Fsp3) is 0.0769. The zero-order chi connectivity index (χ0) is 13.1. The summed E-state index contributed by atoms with van der Waals surface area (Å²) in [4.78, 5) is 14.6. The Labute approximate surface area is 103 Å². The number of nitrogens with one attached hydrogen (secondary N) is 1. The minimum atomic E-state index is -1.10. The maximum atomic E-state index is 13.3. The fourth-order valence-corrected chi connectivity index (χ4v) is 1.44. The summed E-state index contributed by atoms with van der Waals surface area (Å²) in [5.74, 6) is -1.07. The van der Waals surface area contributed by atoms with Gasteiger partial charge in [-0.3, -0.25) is 0 Å². The van der Waals surface area contributed by atoms with Crippen molar-refractivity contribution in [3.8, 4) is 0 Å². The van der Waals surface area contributed by atoms with Crippen molar-refractivity contribution in [3.05, 3.63) is 53.5 Å². The lowest BCUT2D eigenvalue weighted by atomic mass is 10.2. The highest BCUT2D eigenvalue weighted by Gasteiger charge is 2.05. The molecule has 0 fully saturated rings. The summed E-state index contributed by atoms with van der Waals surface area (Å²) >= 11 is 0. The Bertz CT molecular complexity index is 599. The first-order chi connectivity index (χ1) is 8.56. The van der Waals surface area contributed by atoms with Crippen LogP contribution in [0.1, 0.15) is 16.1 Å². The molecule has 4 nitrogen and oxygen atoms in total. The second-order valence-electron chi connectivity index (χ2n) is 3.80. The van der Waals surface area contributed by atoms with Gasteiger partial charge in [0.2, 0.25) is 0 Å². The Morgan fingerprint density at radius 1 is 1.33 bits per heavy atom. The molecule has 0 spiro atoms. The molecule has 0 bridgehead atoms. The van der Waals surface area contributed by atoms with E-state index in [1.54, 1.807) is 31.2 Å². The van der Waals surface area contributed by atoms with Crippen LogP contribution in [0.5, 0.6) is 0 Å². The van der Waals surface area contributed by atoms with Gasteiger partial charge in [0.1, 0.15) is 11.6 Å². The SMILES string of the molecule is Cc1ccc(Nc2cccc(C(=O)O)n2)cc1F. The number of aromatic nitrogens is 1. The third-order valence-electron chi connectivity index (χ3n) is 2.41. The van der Waals surface area contributed by atoms with Crippen molar-refractivity contribution in [1.82, 2.24) is 4.98 Å². The number of rotatable bonds is 3. The van der Waals surface area contributed by atoms with Gasteiger partial charge in [0.15, 0.2) is 5.69 Å². The molecule has 1 aromatic heterocycles. The second kappa shape index (κ2) is 4.83. The molecular weight excluding hydrogens is 235 g/mol. The van der Waals surface area contributed by atoms with Crippen LogP contribution in [0.2, 0.25) is 0 Å². The molecule has 5 heteroatoms. The van der Waals surface area contributed by atoms with Crippen LogP contribution in [0.3, 0.4) is 0 Å². The van der Waals surface area contributed by atoms with Crippen molar-refractivity contribution in [1.29, 1.82) is 0 Å². The molecular formula is C13H11FN2O2. The van der Waals surface area contributed by atoms with Crippen molar-refractivity contribution in [2.24, 2.45) is 0 Å². The van der Waals surface area contributed by atoms with Gasteiger partial charge in [-0.1, -0.05) is 12.1 Å². The molecule has 0 aliphatic carbocycles. The molecule has 0 amide bonds. The molecule has 92 valence electrons. The number of carboxylic acid groups (broad SMARTS) is 1. The minimum absolute atomic E-state index is 0.0624. The van der Waals surface area contributed by atoms with E-state index in [1.807, 2.05) is 0 Å². The number of aromatic carboxylic acids is 1. The van der Waals surface area contributed by atoms with E-state index in [1.165, 1.54) is 12.1 Å². The third-order valence-corrected chi connectivity index (χ3v) is 2.41. The number of pyridine rings is 1. The fourth-order valence-electron chi connectivity index (χ4n) is 1.44. The van der Waals surface area contributed by atoms with Gasteiger partial charge in [0, 0.05) is 5.69 Å². The number of nitrogens with zero attached hydrogens (tertiary/aromatic N) is 1. The van der Waals surface area contributed by atoms with Gasteiger partial charge in [-0.15, -0.1) is 0 Å². The Kier molecular flexibility index (Phi) is 3.23. The maximum Gasteiger partial charge on any atom is 0.354 e. The van der Waals surface area contributed by atoms with Gasteiger partial charge >= 0.3 is 5.97 Å². The molecule has 0 radical (unpaired) electrons. The van der Waals surface area contributed by atoms with E-state index in [0.29, 0.717) is 17.1 Å². The van der Waals surface area contributed by atoms with Crippen molar-refractivity contribution in [2.75, 3.05) is 5.32 Å². The Balaban J connectivity index is 2.25. The van der Waals surface area contributed by atoms with Crippen LogP contribution in [0.4, 0.5) is 15.9 Å². The molecule has 0 saturated heterocycles. The van der Waals surface area contributed by atoms with Gasteiger partial charge in [-0.25, -0.2) is 14.2 Å². The molecule has 0 atom stereocenters. The van der Waals surface area contributed by atoms with Crippen LogP contribution in [0.25, 0.3) is 0 Å². The predicted octanol–water partition coefficient (Wildman–Crippen LogP) is 2.97. The lowest BCUT2D eigenvalue weighted by Crippen LogP contribution is -2.02. The number of aryl methyl sites for hydroxylation is 1. The predicted molar refractivity (Wildman–Crippen MR) is 65.6 cm³/mol. The van der Waals surface area contributed by atoms with E-state index in [-0.39, 0.29) is 11.5 Å². The van der Waals surface area contributed by atoms with Crippen molar-refractivity contribution in [3.63, 3.8) is 0 Å². The zero-order valence-corrected chi connectivity index (χ0v) is 9.64. The largest absolute Gasteiger partial charge is 0.477 e. The van der Waals surface area contributed by atoms with Crippen molar-refractivity contribution < 1.29 is 14.3 Å². The summed E-state index contributed by atoms with van der Waals surface area (Å²) in [6, 6.07) is 9.26. The minimum Gasteiger partial charge on any atom is -0.477 e. The van der Waals surface area contributed by atoms with Crippen molar-refractivity contribution >= 4 is 17.5 Å². The summed E-state index contributed by atoms with van der Waals surface area (Å²) in [5.41, 5.74) is 1.01. The van der Waals surface area contributed by atoms with Gasteiger partial charge in [0.05, 0.1) is 0 Å². The smallest absolute Gasteiger partial charge is 0.354 e. The highest BCUT2D eigenvalue weighted by atomic mass is 19.1. The number of anilines is 2. The Morgan fingerprint density at radius 3 is 2.78 bits per heavy atom. The van der Waals surface area contributed by atoms with Crippen LogP contribution in [0.15, 0.2) is 36.4 Å². The van der Waals surface area contributed by atoms with E-state index in [0.717, 1.165) is 0 Å². The summed E-state index contributed by atoms with van der Waals surface area (Å²) in [7, 11) is 0. The highest BCUT2D eigenvalue weighted by Crippen LogP contribution is 2.18. The first kappa shape index (κ1) is 12.0. The number of halogens is 1. The molecule has 1 aromatic carbocycles. The molecule has 0 aliphatic rings. The molecule has 1 heterocycles. The second-order valence-corrected chi connectivity index (χ2v) is 3.80. The van der Waals surface area contributed by atoms with Crippen LogP contribution in [-0.2, 0) is 0 Å². The maximum absolute atomic E-state index is 13.3. The van der Waals surface area contributed by atoms with Crippen LogP contribution in [0, 0.1) is 12.7 Å². The number of benzene rings is 1. The molecule has 0 aliphatic heterocycles. The van der Waals surface area contributed by atoms with Gasteiger partial charge < -0.3 is 10.4 Å². The molecule has 18 heavy (non-hydrogen) atoms. The summed E-state index contributed by atoms with van der Waals surface area (Å²) in [6.07, 6.45) is 0. The first-order valence-electron chi connectivity index (χ1n) is 5.30. The normalized spacial score (nSPS) is 10.1. The van der Waals surface area contributed by atoms with Gasteiger partial charge in [0.25, 0.3) is 0 Å². The third kappa shape index (κ3) is 2.63. The van der Waals surface area contributed by atoms with Gasteiger partial charge in [-0.05, 0) is 36.8 Å². The van der Waals surface area contributed by atoms with E-state index in [4.69, 9.17) is 5.11 Å². The standard InChI is InChI=1S/C13H11FN2O2/c1-8-5-6-9(7-10(8)14)15-12-4-2-3-11(16-12)13(17)18/h2-7H,1H3,(H,15,16)(H,17,18). The van der Waals surface area contributed by atoms with E-state index >= 15 is 0 Å². The zero-order valence-electron chi connectivity index (χ0n) is 9.64. The molecule has 0 unspecified atom stereocenters. The summed E-state index contributed by atoms with van der Waals surface area (Å²) in [6.45, 7) is 1.67. The van der Waals surface area contributed by atoms with Crippen molar-refractivity contribution in [2.45, 2.75) is 6.92 Å². The Hall–Kier alpha value is -2.43. The molecule has 2 rings (SSSR count). The van der Waals surface area contributed by atoms with E-state index in [2.05, 4.69) is 10.3 Å². The lowest BCUT2D eigenvalue weighted by molar-refractivity contribution is 0.0690. The molecule has 2 N–H and O–H groups in total. The number of carboxylic acids is 1. The molecule has 2 aromatic rings. The number of hydrogen-bond donors (Lipinski definition) is 2. The van der Waals surface area contributed by atoms with E-state index < -0.39 is 5.97 Å². The van der Waals surface area contributed by atoms with Crippen LogP contribution in [-0.4, -0.2) is 16.1 Å². The summed E-state index contributed by atoms with van der Waals surface area (Å²) in [5, 5.41) is 11.7. The first-order valence-corrected chi connectivity index (χ1v) is 5.30. The van der Waals surface area contributed by atoms with Gasteiger partial charge in [-0.2, -0.15) is 0 Å². The summed E-state index contributed by atoms with van der Waals surface area (Å²) < 4.78 is 13.3. The Morgan fingerprint density at radius 2 is 2.11 bits per heavy atom. The molecule has 0 saturated carbocycles. The average Bonchev–Trinajstić information content (AvgIpc) is 2.34. The van der Waals surface area contributed by atoms with E-state index in [9.17, 15) is 9.18 Å². The number of carbonyl (C=O) groups is 1. The quantitative estimate of drug-likeness (QED) is 0.874. The highest BCUT2D eigenvalue weighted by molar-refractivity contribution is 5.85.